The maximum atomic E-state index is 13.2. The lowest BCUT2D eigenvalue weighted by atomic mass is 10.2. The number of ether oxygens (including phenoxy) is 1. The summed E-state index contributed by atoms with van der Waals surface area (Å²) in [6, 6.07) is 13.1. The van der Waals surface area contributed by atoms with Crippen LogP contribution in [0.3, 0.4) is 0 Å². The highest BCUT2D eigenvalue weighted by atomic mass is 32.2. The predicted octanol–water partition coefficient (Wildman–Crippen LogP) is 2.50. The summed E-state index contributed by atoms with van der Waals surface area (Å²) >= 11 is 0. The molecule has 7 heteroatoms. The number of carbonyl (C=O) groups is 1. The molecule has 0 bridgehead atoms. The van der Waals surface area contributed by atoms with Gasteiger partial charge in [0.15, 0.2) is 0 Å². The second kappa shape index (κ2) is 8.53. The largest absolute Gasteiger partial charge is 0.496 e. The van der Waals surface area contributed by atoms with E-state index in [1.807, 2.05) is 0 Å². The molecule has 0 radical (unpaired) electrons. The van der Waals surface area contributed by atoms with Crippen molar-refractivity contribution < 1.29 is 17.9 Å². The van der Waals surface area contributed by atoms with Gasteiger partial charge in [0.25, 0.3) is 10.0 Å². The summed E-state index contributed by atoms with van der Waals surface area (Å²) in [7, 11) is -2.41. The molecule has 0 spiro atoms. The smallest absolute Gasteiger partial charge is 0.264 e. The number of hydrogen-bond acceptors (Lipinski definition) is 4. The first-order valence-corrected chi connectivity index (χ1v) is 9.44. The number of nitrogens with zero attached hydrogens (tertiary/aromatic N) is 1. The first kappa shape index (κ1) is 19.5. The van der Waals surface area contributed by atoms with E-state index in [1.54, 1.807) is 43.3 Å². The van der Waals surface area contributed by atoms with Crippen LogP contribution in [-0.4, -0.2) is 34.5 Å². The van der Waals surface area contributed by atoms with E-state index in [0.717, 1.165) is 4.31 Å². The van der Waals surface area contributed by atoms with Crippen molar-refractivity contribution in [2.45, 2.75) is 11.8 Å². The number of aryl methyl sites for hydroxylation is 1. The van der Waals surface area contributed by atoms with E-state index < -0.39 is 15.9 Å². The fourth-order valence-electron chi connectivity index (χ4n) is 2.42. The Morgan fingerprint density at radius 3 is 2.50 bits per heavy atom. The summed E-state index contributed by atoms with van der Waals surface area (Å²) in [5.74, 6) is 0.182. The summed E-state index contributed by atoms with van der Waals surface area (Å²) < 4.78 is 32.6. The van der Waals surface area contributed by atoms with Crippen LogP contribution in [0.25, 0.3) is 0 Å². The zero-order chi connectivity index (χ0) is 19.2. The number of rotatable bonds is 8. The second-order valence-electron chi connectivity index (χ2n) is 5.57. The van der Waals surface area contributed by atoms with Crippen molar-refractivity contribution in [3.05, 3.63) is 66.7 Å². The van der Waals surface area contributed by atoms with Gasteiger partial charge in [-0.3, -0.25) is 9.10 Å². The van der Waals surface area contributed by atoms with Crippen LogP contribution in [0.15, 0.2) is 66.1 Å². The third-order valence-corrected chi connectivity index (χ3v) is 5.50. The van der Waals surface area contributed by atoms with E-state index in [4.69, 9.17) is 4.74 Å². The van der Waals surface area contributed by atoms with E-state index in [0.29, 0.717) is 17.0 Å². The quantitative estimate of drug-likeness (QED) is 0.721. The summed E-state index contributed by atoms with van der Waals surface area (Å²) in [6.45, 7) is 5.24. The molecule has 0 atom stereocenters. The van der Waals surface area contributed by atoms with Crippen molar-refractivity contribution in [2.75, 3.05) is 24.5 Å². The number of nitrogens with one attached hydrogen (secondary N) is 1. The molecule has 0 aromatic heterocycles. The van der Waals surface area contributed by atoms with Crippen molar-refractivity contribution >= 4 is 21.6 Å². The van der Waals surface area contributed by atoms with Crippen molar-refractivity contribution in [3.8, 4) is 5.75 Å². The van der Waals surface area contributed by atoms with Crippen LogP contribution in [0, 0.1) is 6.92 Å². The lowest BCUT2D eigenvalue weighted by Crippen LogP contribution is -2.40. The Kier molecular flexibility index (Phi) is 6.41. The lowest BCUT2D eigenvalue weighted by Gasteiger charge is -2.24. The number of para-hydroxylation sites is 1. The molecule has 0 fully saturated rings. The van der Waals surface area contributed by atoms with Crippen molar-refractivity contribution in [2.24, 2.45) is 0 Å². The van der Waals surface area contributed by atoms with E-state index >= 15 is 0 Å². The summed E-state index contributed by atoms with van der Waals surface area (Å²) in [4.78, 5) is 12.2. The van der Waals surface area contributed by atoms with Gasteiger partial charge in [-0.2, -0.15) is 0 Å². The van der Waals surface area contributed by atoms with Gasteiger partial charge in [-0.15, -0.1) is 6.58 Å². The Hall–Kier alpha value is -2.80. The van der Waals surface area contributed by atoms with Gasteiger partial charge in [0, 0.05) is 6.54 Å². The molecule has 0 aliphatic heterocycles. The van der Waals surface area contributed by atoms with Crippen molar-refractivity contribution in [1.29, 1.82) is 0 Å². The average molecular weight is 374 g/mol. The SMILES string of the molecule is C=CCNC(=O)CN(c1ccccc1)S(=O)(=O)c1ccc(OC)c(C)c1. The minimum absolute atomic E-state index is 0.0937. The fraction of sp³-hybridized carbons (Fsp3) is 0.211. The number of carbonyl (C=O) groups excluding carboxylic acids is 1. The molecule has 2 aromatic rings. The molecule has 0 aliphatic rings. The topological polar surface area (TPSA) is 75.7 Å². The molecule has 0 unspecified atom stereocenters. The summed E-state index contributed by atoms with van der Waals surface area (Å²) in [6.07, 6.45) is 1.53. The lowest BCUT2D eigenvalue weighted by molar-refractivity contribution is -0.119. The van der Waals surface area contributed by atoms with Crippen LogP contribution in [0.5, 0.6) is 5.75 Å². The van der Waals surface area contributed by atoms with Crippen molar-refractivity contribution in [1.82, 2.24) is 5.32 Å². The highest BCUT2D eigenvalue weighted by Crippen LogP contribution is 2.27. The zero-order valence-electron chi connectivity index (χ0n) is 14.8. The molecule has 26 heavy (non-hydrogen) atoms. The van der Waals surface area contributed by atoms with E-state index in [1.165, 1.54) is 25.3 Å². The molecule has 1 amide bonds. The normalized spacial score (nSPS) is 10.8. The maximum absolute atomic E-state index is 13.2. The Morgan fingerprint density at radius 2 is 1.92 bits per heavy atom. The van der Waals surface area contributed by atoms with Gasteiger partial charge in [0.1, 0.15) is 12.3 Å². The van der Waals surface area contributed by atoms with E-state index in [9.17, 15) is 13.2 Å². The average Bonchev–Trinajstić information content (AvgIpc) is 2.64. The Morgan fingerprint density at radius 1 is 1.23 bits per heavy atom. The number of methoxy groups -OCH3 is 1. The molecule has 6 nitrogen and oxygen atoms in total. The number of anilines is 1. The van der Waals surface area contributed by atoms with Gasteiger partial charge >= 0.3 is 0 Å². The molecular formula is C19H22N2O4S. The molecule has 2 rings (SSSR count). The number of hydrogen-bond donors (Lipinski definition) is 1. The van der Waals surface area contributed by atoms with Gasteiger partial charge in [-0.1, -0.05) is 24.3 Å². The Bertz CT molecular complexity index is 880. The minimum atomic E-state index is -3.93. The maximum Gasteiger partial charge on any atom is 0.264 e. The van der Waals surface area contributed by atoms with Crippen LogP contribution in [0.4, 0.5) is 5.69 Å². The molecule has 138 valence electrons. The van der Waals surface area contributed by atoms with Crippen LogP contribution in [0.1, 0.15) is 5.56 Å². The van der Waals surface area contributed by atoms with Crippen LogP contribution >= 0.6 is 0 Å². The Balaban J connectivity index is 2.44. The van der Waals surface area contributed by atoms with Gasteiger partial charge in [0.2, 0.25) is 5.91 Å². The summed E-state index contributed by atoms with van der Waals surface area (Å²) in [5.41, 5.74) is 1.10. The second-order valence-corrected chi connectivity index (χ2v) is 7.43. The standard InChI is InChI=1S/C19H22N2O4S/c1-4-12-20-19(22)14-21(16-8-6-5-7-9-16)26(23,24)17-10-11-18(25-3)15(2)13-17/h4-11,13H,1,12,14H2,2-3H3,(H,20,22). The van der Waals surface area contributed by atoms with Crippen LogP contribution in [0.2, 0.25) is 0 Å². The van der Waals surface area contributed by atoms with Gasteiger partial charge in [0.05, 0.1) is 17.7 Å². The third-order valence-electron chi connectivity index (χ3n) is 3.73. The first-order chi connectivity index (χ1) is 12.4. The van der Waals surface area contributed by atoms with E-state index in [-0.39, 0.29) is 18.0 Å². The van der Waals surface area contributed by atoms with Crippen LogP contribution < -0.4 is 14.4 Å². The Labute approximate surface area is 154 Å². The van der Waals surface area contributed by atoms with Gasteiger partial charge in [-0.05, 0) is 42.8 Å². The minimum Gasteiger partial charge on any atom is -0.496 e. The first-order valence-electron chi connectivity index (χ1n) is 8.00. The van der Waals surface area contributed by atoms with Gasteiger partial charge < -0.3 is 10.1 Å². The van der Waals surface area contributed by atoms with E-state index in [2.05, 4.69) is 11.9 Å². The van der Waals surface area contributed by atoms with Gasteiger partial charge in [-0.25, -0.2) is 8.42 Å². The molecule has 0 aliphatic carbocycles. The molecule has 0 saturated heterocycles. The molecule has 0 saturated carbocycles. The monoisotopic (exact) mass is 374 g/mol. The van der Waals surface area contributed by atoms with Crippen molar-refractivity contribution in [3.63, 3.8) is 0 Å². The predicted molar refractivity (Wildman–Crippen MR) is 102 cm³/mol. The molecule has 1 N–H and O–H groups in total. The fourth-order valence-corrected chi connectivity index (χ4v) is 3.93. The summed E-state index contributed by atoms with van der Waals surface area (Å²) in [5, 5.41) is 2.60. The zero-order valence-corrected chi connectivity index (χ0v) is 15.6. The number of sulfonamides is 1. The third kappa shape index (κ3) is 4.43. The van der Waals surface area contributed by atoms with Crippen LogP contribution in [-0.2, 0) is 14.8 Å². The number of benzene rings is 2. The number of amides is 1. The molecule has 2 aromatic carbocycles. The molecule has 0 heterocycles. The highest BCUT2D eigenvalue weighted by molar-refractivity contribution is 7.92. The highest BCUT2D eigenvalue weighted by Gasteiger charge is 2.27. The molecular weight excluding hydrogens is 352 g/mol.